The summed E-state index contributed by atoms with van der Waals surface area (Å²) in [6.07, 6.45) is 6.04. The summed E-state index contributed by atoms with van der Waals surface area (Å²) in [6, 6.07) is 10.8. The second-order valence-corrected chi connectivity index (χ2v) is 7.90. The Balaban J connectivity index is 1.28. The molecule has 0 radical (unpaired) electrons. The smallest absolute Gasteiger partial charge is 0.0959 e. The monoisotopic (exact) mass is 352 g/mol. The topological polar surface area (TPSA) is 34.6 Å². The molecule has 0 aliphatic carbocycles. The molecule has 0 N–H and O–H groups in total. The van der Waals surface area contributed by atoms with Crippen LogP contribution in [0.1, 0.15) is 35.1 Å². The number of aromatic nitrogens is 1. The quantitative estimate of drug-likeness (QED) is 0.823. The van der Waals surface area contributed by atoms with Crippen molar-refractivity contribution in [1.82, 2.24) is 9.88 Å². The molecule has 138 valence electrons. The van der Waals surface area contributed by atoms with Crippen molar-refractivity contribution in [2.24, 2.45) is 0 Å². The Morgan fingerprint density at radius 1 is 1.23 bits per heavy atom. The van der Waals surface area contributed by atoms with E-state index in [9.17, 15) is 0 Å². The highest BCUT2D eigenvalue weighted by atomic mass is 16.5. The largest absolute Gasteiger partial charge is 0.373 e. The van der Waals surface area contributed by atoms with Gasteiger partial charge in [0.05, 0.1) is 18.3 Å². The number of ether oxygens (including phenoxy) is 2. The zero-order valence-electron chi connectivity index (χ0n) is 15.8. The number of hydrogen-bond donors (Lipinski definition) is 0. The number of nitrogens with zero attached hydrogens (tertiary/aromatic N) is 2. The molecule has 4 rings (SSSR count). The molecule has 26 heavy (non-hydrogen) atoms. The van der Waals surface area contributed by atoms with E-state index in [4.69, 9.17) is 9.47 Å². The van der Waals surface area contributed by atoms with Crippen LogP contribution < -0.4 is 0 Å². The van der Waals surface area contributed by atoms with Gasteiger partial charge < -0.3 is 9.47 Å². The molecule has 2 aromatic rings. The van der Waals surface area contributed by atoms with Crippen molar-refractivity contribution in [3.63, 3.8) is 0 Å². The van der Waals surface area contributed by atoms with E-state index >= 15 is 0 Å². The van der Waals surface area contributed by atoms with Gasteiger partial charge in [0.15, 0.2) is 0 Å². The van der Waals surface area contributed by atoms with E-state index in [1.54, 1.807) is 0 Å². The lowest BCUT2D eigenvalue weighted by Crippen LogP contribution is -2.65. The summed E-state index contributed by atoms with van der Waals surface area (Å²) in [5, 5.41) is 0. The Morgan fingerprint density at radius 2 is 2.08 bits per heavy atom. The molecule has 3 heterocycles. The highest BCUT2D eigenvalue weighted by Crippen LogP contribution is 2.36. The molecule has 1 atom stereocenters. The second kappa shape index (κ2) is 7.47. The normalized spacial score (nSPS) is 22.3. The number of rotatable bonds is 5. The highest BCUT2D eigenvalue weighted by molar-refractivity contribution is 5.26. The molecule has 4 heteroatoms. The van der Waals surface area contributed by atoms with Crippen LogP contribution in [0.5, 0.6) is 0 Å². The summed E-state index contributed by atoms with van der Waals surface area (Å²) in [5.74, 6) is 0. The van der Waals surface area contributed by atoms with Crippen molar-refractivity contribution in [3.8, 4) is 0 Å². The van der Waals surface area contributed by atoms with Gasteiger partial charge in [0, 0.05) is 45.1 Å². The van der Waals surface area contributed by atoms with E-state index < -0.39 is 0 Å². The van der Waals surface area contributed by atoms with Crippen LogP contribution in [0.2, 0.25) is 0 Å². The zero-order chi connectivity index (χ0) is 18.0. The number of likely N-dealkylation sites (tertiary alicyclic amines) is 1. The predicted octanol–water partition coefficient (Wildman–Crippen LogP) is 3.65. The summed E-state index contributed by atoms with van der Waals surface area (Å²) >= 11 is 0. The summed E-state index contributed by atoms with van der Waals surface area (Å²) in [4.78, 5) is 6.73. The molecule has 1 spiro atoms. The van der Waals surface area contributed by atoms with Crippen molar-refractivity contribution in [3.05, 3.63) is 65.0 Å². The zero-order valence-corrected chi connectivity index (χ0v) is 15.8. The van der Waals surface area contributed by atoms with E-state index in [-0.39, 0.29) is 11.7 Å². The first-order valence-corrected chi connectivity index (χ1v) is 9.55. The maximum atomic E-state index is 6.19. The summed E-state index contributed by atoms with van der Waals surface area (Å²) in [5.41, 5.74) is 5.11. The molecule has 2 aliphatic heterocycles. The molecule has 2 aliphatic rings. The minimum Gasteiger partial charge on any atom is -0.373 e. The van der Waals surface area contributed by atoms with Crippen molar-refractivity contribution in [2.75, 3.05) is 19.7 Å². The number of benzene rings is 1. The number of hydrogen-bond acceptors (Lipinski definition) is 4. The van der Waals surface area contributed by atoms with Gasteiger partial charge in [-0.15, -0.1) is 0 Å². The average molecular weight is 352 g/mol. The van der Waals surface area contributed by atoms with Gasteiger partial charge in [0.1, 0.15) is 0 Å². The first kappa shape index (κ1) is 17.7. The van der Waals surface area contributed by atoms with Crippen LogP contribution in [0.4, 0.5) is 0 Å². The van der Waals surface area contributed by atoms with Crippen LogP contribution in [-0.4, -0.2) is 41.3 Å². The Labute approximate surface area is 156 Å². The molecule has 0 amide bonds. The van der Waals surface area contributed by atoms with E-state index in [0.29, 0.717) is 6.61 Å². The van der Waals surface area contributed by atoms with Crippen LogP contribution in [-0.2, 0) is 22.6 Å². The lowest BCUT2D eigenvalue weighted by atomic mass is 9.84. The second-order valence-electron chi connectivity index (χ2n) is 7.90. The third kappa shape index (κ3) is 3.98. The fourth-order valence-electron chi connectivity index (χ4n) is 4.16. The van der Waals surface area contributed by atoms with Crippen molar-refractivity contribution >= 4 is 0 Å². The van der Waals surface area contributed by atoms with Gasteiger partial charge in [0.2, 0.25) is 0 Å². The Bertz CT molecular complexity index is 755. The fourth-order valence-corrected chi connectivity index (χ4v) is 4.16. The first-order valence-electron chi connectivity index (χ1n) is 9.55. The molecular formula is C22H28N2O2. The van der Waals surface area contributed by atoms with E-state index in [1.165, 1.54) is 16.7 Å². The van der Waals surface area contributed by atoms with E-state index in [0.717, 1.165) is 44.6 Å². The van der Waals surface area contributed by atoms with Gasteiger partial charge in [0.25, 0.3) is 0 Å². The third-order valence-corrected chi connectivity index (χ3v) is 5.54. The number of aryl methyl sites for hydroxylation is 2. The molecule has 0 unspecified atom stereocenters. The van der Waals surface area contributed by atoms with Gasteiger partial charge in [-0.1, -0.05) is 30.3 Å². The average Bonchev–Trinajstić information content (AvgIpc) is 2.61. The van der Waals surface area contributed by atoms with E-state index in [1.807, 2.05) is 12.4 Å². The SMILES string of the molecule is Cc1cncc(CO[C@@H]2CCOC3(C2)CN(Cc2ccccc2C)C3)c1. The maximum absolute atomic E-state index is 6.19. The molecule has 0 bridgehead atoms. The van der Waals surface area contributed by atoms with Gasteiger partial charge >= 0.3 is 0 Å². The van der Waals surface area contributed by atoms with Crippen LogP contribution >= 0.6 is 0 Å². The van der Waals surface area contributed by atoms with Gasteiger partial charge in [-0.2, -0.15) is 0 Å². The summed E-state index contributed by atoms with van der Waals surface area (Å²) < 4.78 is 12.4. The predicted molar refractivity (Wildman–Crippen MR) is 102 cm³/mol. The highest BCUT2D eigenvalue weighted by Gasteiger charge is 2.47. The number of pyridine rings is 1. The molecule has 4 nitrogen and oxygen atoms in total. The van der Waals surface area contributed by atoms with Crippen molar-refractivity contribution < 1.29 is 9.47 Å². The van der Waals surface area contributed by atoms with Crippen LogP contribution in [0.25, 0.3) is 0 Å². The van der Waals surface area contributed by atoms with Crippen molar-refractivity contribution in [2.45, 2.75) is 51.5 Å². The van der Waals surface area contributed by atoms with Gasteiger partial charge in [-0.25, -0.2) is 0 Å². The van der Waals surface area contributed by atoms with Gasteiger partial charge in [-0.05, 0) is 42.5 Å². The Kier molecular flexibility index (Phi) is 5.07. The molecule has 0 saturated carbocycles. The van der Waals surface area contributed by atoms with Gasteiger partial charge in [-0.3, -0.25) is 9.88 Å². The van der Waals surface area contributed by atoms with Crippen molar-refractivity contribution in [1.29, 1.82) is 0 Å². The fraction of sp³-hybridized carbons (Fsp3) is 0.500. The standard InChI is InChI=1S/C22H28N2O2/c1-17-9-19(12-23-11-17)14-25-21-7-8-26-22(10-21)15-24(16-22)13-20-6-4-3-5-18(20)2/h3-6,9,11-12,21H,7-8,10,13-16H2,1-2H3/t21-/m1/s1. The summed E-state index contributed by atoms with van der Waals surface area (Å²) in [6.45, 7) is 8.72. The summed E-state index contributed by atoms with van der Waals surface area (Å²) in [7, 11) is 0. The third-order valence-electron chi connectivity index (χ3n) is 5.54. The maximum Gasteiger partial charge on any atom is 0.0959 e. The molecule has 2 saturated heterocycles. The molecule has 1 aromatic carbocycles. The lowest BCUT2D eigenvalue weighted by Gasteiger charge is -2.53. The van der Waals surface area contributed by atoms with Crippen LogP contribution in [0.15, 0.2) is 42.7 Å². The first-order chi connectivity index (χ1) is 12.6. The molecule has 2 fully saturated rings. The van der Waals surface area contributed by atoms with Crippen LogP contribution in [0.3, 0.4) is 0 Å². The Morgan fingerprint density at radius 3 is 2.88 bits per heavy atom. The minimum atomic E-state index is -0.00352. The van der Waals surface area contributed by atoms with Crippen LogP contribution in [0, 0.1) is 13.8 Å². The molecular weight excluding hydrogens is 324 g/mol. The molecule has 1 aromatic heterocycles. The van der Waals surface area contributed by atoms with E-state index in [2.05, 4.69) is 54.1 Å². The minimum absolute atomic E-state index is 0.00352. The Hall–Kier alpha value is -1.75. The lowest BCUT2D eigenvalue weighted by molar-refractivity contribution is -0.200.